The molecular weight excluding hydrogens is 2270 g/mol. The second-order valence-electron chi connectivity index (χ2n) is 30.9. The number of hydrogen-bond acceptors (Lipinski definition) is 17. The van der Waals surface area contributed by atoms with Gasteiger partial charge in [0.1, 0.15) is 5.48 Å². The minimum absolute atomic E-state index is 0. The molecule has 0 aliphatic carbocycles. The van der Waals surface area contributed by atoms with Crippen LogP contribution in [-0.4, -0.2) is 75.4 Å². The molecule has 13 aromatic rings. The Bertz CT molecular complexity index is 5310. The molecule has 11 aromatic heterocycles. The number of benzene rings is 2. The van der Waals surface area contributed by atoms with E-state index in [2.05, 4.69) is 295 Å². The number of pyridine rings is 8. The molecule has 2 aliphatic rings. The molecule has 694 valence electrons. The number of carbonyl (C=O) groups excluding carboxylic acids is 1. The maximum absolute atomic E-state index is 10.8. The zero-order valence-corrected chi connectivity index (χ0v) is 105. The van der Waals surface area contributed by atoms with Gasteiger partial charge in [0.05, 0.1) is 16.9 Å². The fourth-order valence-corrected chi connectivity index (χ4v) is 7.87. The van der Waals surface area contributed by atoms with E-state index in [1.54, 1.807) is 141 Å². The van der Waals surface area contributed by atoms with Crippen LogP contribution >= 0.6 is 0 Å². The molecular formula is C101H126N20O4Y8-16. The average molecular weight is 2400 g/mol. The SMILES string of the molecule is C=c1nc2c(n1-c1ncccn1)=C[C-]=CN2.C[C-](C)C.C[C-](C)C.C[C-](C)C.C[C-](C)C.C[C-](C)C.C[C-](C)C.C[C-](C)C.C[C-](C)C.Cc1ccc2c(c1)C[N-]C(=O)N2.Cc1nc[c-]cc1C#N.Cc1nc[c-]cc1Nc1ncccn1.O=c1[c-]cc(-c2cccnc2)c[nH]1.O=c1[c-]cc2ccccc2[nH]1.O=c1[c-]ccc[nH]1.[NH-]c1ccnc2cccnc12.[Y].[Y].[Y].[Y].[Y].[Y].[Y].[Y]. The summed E-state index contributed by atoms with van der Waals surface area (Å²) in [4.78, 5) is 90.9. The molecule has 13 heterocycles. The van der Waals surface area contributed by atoms with Crippen LogP contribution in [0.3, 0.4) is 0 Å². The molecule has 7 N–H and O–H groups in total. The third-order valence-corrected chi connectivity index (χ3v) is 12.4. The summed E-state index contributed by atoms with van der Waals surface area (Å²) in [6, 6.07) is 51.1. The summed E-state index contributed by atoms with van der Waals surface area (Å²) in [5, 5.41) is 22.8. The second kappa shape index (κ2) is 90.0. The summed E-state index contributed by atoms with van der Waals surface area (Å²) in [6.07, 6.45) is 26.4. The van der Waals surface area contributed by atoms with Crippen molar-refractivity contribution in [2.24, 2.45) is 0 Å². The number of aromatic amines is 3. The Morgan fingerprint density at radius 3 is 1.53 bits per heavy atom. The van der Waals surface area contributed by atoms with Gasteiger partial charge in [-0.25, -0.2) is 84.8 Å². The Labute approximate surface area is 995 Å². The number of nitrogens with zero attached hydrogens (tertiary/aromatic N) is 13. The van der Waals surface area contributed by atoms with Gasteiger partial charge in [0.25, 0.3) is 0 Å². The van der Waals surface area contributed by atoms with Crippen molar-refractivity contribution in [3.63, 3.8) is 0 Å². The topological polar surface area (TPSA) is 347 Å². The number of rotatable bonds is 4. The van der Waals surface area contributed by atoms with Crippen LogP contribution in [0.2, 0.25) is 0 Å². The molecule has 0 fully saturated rings. The predicted molar refractivity (Wildman–Crippen MR) is 517 cm³/mol. The summed E-state index contributed by atoms with van der Waals surface area (Å²) < 4.78 is 1.78. The molecule has 24 nitrogen and oxygen atoms in total. The number of imidazole rings is 1. The van der Waals surface area contributed by atoms with Crippen LogP contribution in [0.4, 0.5) is 33.6 Å². The maximum Gasteiger partial charge on any atom is 0.218 e. The number of H-pyrrole nitrogens is 3. The Morgan fingerprint density at radius 1 is 0.526 bits per heavy atom. The first-order valence-corrected chi connectivity index (χ1v) is 39.9. The van der Waals surface area contributed by atoms with Crippen molar-refractivity contribution >= 4 is 69.5 Å². The van der Waals surface area contributed by atoms with E-state index in [4.69, 9.17) is 11.0 Å². The van der Waals surface area contributed by atoms with Crippen molar-refractivity contribution in [3.8, 4) is 23.1 Å². The number of aromatic nitrogens is 14. The third kappa shape index (κ3) is 78.8. The molecule has 2 aromatic carbocycles. The van der Waals surface area contributed by atoms with Gasteiger partial charge in [0.2, 0.25) is 11.9 Å². The number of anilines is 4. The molecule has 15 rings (SSSR count). The quantitative estimate of drug-likeness (QED) is 0.0892. The average Bonchev–Trinajstić information content (AvgIpc) is 1.64. The standard InChI is InChI=1S/C11H8N5.C10H9N4.C10H7N2O.C9H10N2O.C9H6NO.C8H6N3.C7H5N2.C5H4NO.8C4H9.8Y/c1-8-15-10-9(4-2-5-12-10)16(8)11-13-6-3-7-14-11;1-8-9(4-2-5-11-8)14-10-12-6-3-7-13-10;13-10-4-3-9(7-12-10)8-2-1-5-11-6-8;1-6-2-3-8-7(4-6)5-10-9(12)11-8;11-9-6-5-7-3-1-2-4-8(7)10-9;9-6-3-5-10-7-2-1-4-11-8(6)7;1-6-7(5-8)3-2-4-9-6;7-5-3-1-2-4-6-5;8*1-4(2)3;;;;;;;;/h3-7H,1H2,(H,12,15);3-7H,1H3,(H,12,13,14);1-3,5-7H,(H,12,13);2-4H,5H2,1H3,(H2,10,11,12);1-5H,(H,10,11);1-5H,(H-,9,10);3-4H,1H3;1-2,4H,(H,6,7);8*1-3H3;;;;;;;;/q3*-1;;12*-1;;;;;;;;/p-1. The van der Waals surface area contributed by atoms with Crippen LogP contribution in [0.15, 0.2) is 216 Å². The van der Waals surface area contributed by atoms with Crippen molar-refractivity contribution in [3.05, 3.63) is 367 Å². The summed E-state index contributed by atoms with van der Waals surface area (Å²) in [6.45, 7) is 60.1. The number of hydrogen-bond donors (Lipinski definition) is 6. The van der Waals surface area contributed by atoms with Gasteiger partial charge in [-0.2, -0.15) is 201 Å². The van der Waals surface area contributed by atoms with Gasteiger partial charge in [-0.1, -0.05) is 114 Å². The molecule has 2 aliphatic heterocycles. The number of carbonyl (C=O) groups is 1. The molecule has 0 saturated carbocycles. The van der Waals surface area contributed by atoms with Gasteiger partial charge in [0, 0.05) is 317 Å². The first-order valence-electron chi connectivity index (χ1n) is 39.9. The molecule has 133 heavy (non-hydrogen) atoms. The summed E-state index contributed by atoms with van der Waals surface area (Å²) in [7, 11) is 0. The summed E-state index contributed by atoms with van der Waals surface area (Å²) in [5.74, 6) is 13.2. The van der Waals surface area contributed by atoms with Crippen LogP contribution < -0.4 is 43.5 Å². The van der Waals surface area contributed by atoms with Gasteiger partial charge >= 0.3 is 0 Å². The number of aryl methyl sites for hydroxylation is 3. The van der Waals surface area contributed by atoms with Gasteiger partial charge in [-0.05, 0) is 85.8 Å². The molecule has 0 spiro atoms. The van der Waals surface area contributed by atoms with E-state index in [0.29, 0.717) is 40.7 Å². The predicted octanol–water partition coefficient (Wildman–Crippen LogP) is 22.8. The van der Waals surface area contributed by atoms with E-state index in [0.717, 1.165) is 67.0 Å². The van der Waals surface area contributed by atoms with Crippen molar-refractivity contribution in [1.82, 2.24) is 69.4 Å². The molecule has 0 bridgehead atoms. The van der Waals surface area contributed by atoms with E-state index in [1.165, 1.54) is 52.9 Å². The first kappa shape index (κ1) is 146. The Balaban J connectivity index is -0.000000180. The van der Waals surface area contributed by atoms with Crippen LogP contribution in [0.5, 0.6) is 0 Å². The monoisotopic (exact) mass is 2390 g/mol. The first-order chi connectivity index (χ1) is 59.2. The van der Waals surface area contributed by atoms with E-state index < -0.39 is 0 Å². The smallest absolute Gasteiger partial charge is 0.218 e. The fraction of sp³-hybridized carbons (Fsp3) is 0.277. The zero-order chi connectivity index (χ0) is 94.2. The van der Waals surface area contributed by atoms with Gasteiger partial charge < -0.3 is 93.9 Å². The molecule has 0 atom stereocenters. The zero-order valence-electron chi connectivity index (χ0n) is 82.6. The Morgan fingerprint density at radius 2 is 1.05 bits per heavy atom. The number of allylic oxidation sites excluding steroid dienone is 1. The van der Waals surface area contributed by atoms with Gasteiger partial charge in [-0.15, -0.1) is 11.8 Å². The molecule has 0 saturated heterocycles. The number of para-hydroxylation sites is 1. The Hall–Kier alpha value is -4.60. The molecule has 8 radical (unpaired) electrons. The van der Waals surface area contributed by atoms with E-state index >= 15 is 0 Å². The van der Waals surface area contributed by atoms with Gasteiger partial charge in [0.15, 0.2) is 22.7 Å². The second-order valence-corrected chi connectivity index (χ2v) is 30.9. The number of amides is 2. The van der Waals surface area contributed by atoms with Crippen LogP contribution in [-0.2, 0) is 268 Å². The van der Waals surface area contributed by atoms with Crippen molar-refractivity contribution < 1.29 is 266 Å². The fourth-order valence-electron chi connectivity index (χ4n) is 7.87. The maximum atomic E-state index is 10.8. The Kier molecular flexibility index (Phi) is 98.9. The van der Waals surface area contributed by atoms with Crippen LogP contribution in [0, 0.1) is 116 Å². The van der Waals surface area contributed by atoms with E-state index in [-0.39, 0.29) is 284 Å². The third-order valence-electron chi connectivity index (χ3n) is 12.4. The number of nitriles is 1. The number of urea groups is 1. The number of fused-ring (bicyclic) bond motifs is 4. The largest absolute Gasteiger partial charge is 0.697 e. The normalized spacial score (nSPS) is 9.71. The molecule has 32 heteroatoms. The minimum Gasteiger partial charge on any atom is -0.697 e. The summed E-state index contributed by atoms with van der Waals surface area (Å²) >= 11 is 0. The van der Waals surface area contributed by atoms with E-state index in [9.17, 15) is 19.2 Å². The van der Waals surface area contributed by atoms with Crippen molar-refractivity contribution in [1.29, 1.82) is 5.26 Å². The van der Waals surface area contributed by atoms with Crippen molar-refractivity contribution in [2.75, 3.05) is 16.0 Å². The van der Waals surface area contributed by atoms with Crippen molar-refractivity contribution in [2.45, 2.75) is 193 Å². The van der Waals surface area contributed by atoms with Gasteiger partial charge in [-0.3, -0.25) is 44.1 Å². The summed E-state index contributed by atoms with van der Waals surface area (Å²) in [5.41, 5.74) is 18.4. The number of nitrogens with one attached hydrogen (secondary N) is 7. The molecule has 2 amide bonds. The van der Waals surface area contributed by atoms with Crippen LogP contribution in [0.25, 0.3) is 62.7 Å². The molecule has 0 unspecified atom stereocenters. The van der Waals surface area contributed by atoms with E-state index in [1.807, 2.05) is 98.8 Å². The van der Waals surface area contributed by atoms with Crippen LogP contribution in [0.1, 0.15) is 194 Å². The minimum atomic E-state index is -0.244.